The molecule has 0 aliphatic carbocycles. The van der Waals surface area contributed by atoms with E-state index in [1.165, 1.54) is 24.3 Å². The molecule has 116 valence electrons. The van der Waals surface area contributed by atoms with Crippen molar-refractivity contribution in [1.29, 1.82) is 0 Å². The molecule has 0 aromatic heterocycles. The van der Waals surface area contributed by atoms with Crippen molar-refractivity contribution in [3.63, 3.8) is 0 Å². The minimum absolute atomic E-state index is 0.0471. The number of hydrogen-bond acceptors (Lipinski definition) is 3. The molecule has 0 radical (unpaired) electrons. The van der Waals surface area contributed by atoms with E-state index >= 15 is 0 Å². The molecular weight excluding hydrogens is 349 g/mol. The molecular formula is C14H11Cl2NO4S. The van der Waals surface area contributed by atoms with Crippen LogP contribution in [-0.2, 0) is 14.8 Å². The van der Waals surface area contributed by atoms with Gasteiger partial charge in [-0.2, -0.15) is 4.72 Å². The summed E-state index contributed by atoms with van der Waals surface area (Å²) in [6.45, 7) is 0. The van der Waals surface area contributed by atoms with Crippen LogP contribution < -0.4 is 4.72 Å². The van der Waals surface area contributed by atoms with Gasteiger partial charge in [0, 0.05) is 5.02 Å². The normalized spacial score (nSPS) is 12.8. The van der Waals surface area contributed by atoms with Crippen molar-refractivity contribution < 1.29 is 18.3 Å². The van der Waals surface area contributed by atoms with Crippen LogP contribution in [0.4, 0.5) is 0 Å². The van der Waals surface area contributed by atoms with Gasteiger partial charge in [0.15, 0.2) is 0 Å². The molecule has 0 spiro atoms. The maximum absolute atomic E-state index is 12.4. The topological polar surface area (TPSA) is 83.5 Å². The van der Waals surface area contributed by atoms with E-state index in [-0.39, 0.29) is 14.9 Å². The lowest BCUT2D eigenvalue weighted by Gasteiger charge is -2.16. The summed E-state index contributed by atoms with van der Waals surface area (Å²) in [6.07, 6.45) is 0. The second-order valence-corrected chi connectivity index (χ2v) is 6.90. The monoisotopic (exact) mass is 359 g/mol. The Morgan fingerprint density at radius 1 is 1.09 bits per heavy atom. The Labute approximate surface area is 137 Å². The lowest BCUT2D eigenvalue weighted by molar-refractivity contribution is -0.139. The number of sulfonamides is 1. The predicted octanol–water partition coefficient (Wildman–Crippen LogP) is 3.10. The third kappa shape index (κ3) is 3.78. The van der Waals surface area contributed by atoms with Gasteiger partial charge in [-0.1, -0.05) is 53.5 Å². The van der Waals surface area contributed by atoms with Crippen LogP contribution in [0.3, 0.4) is 0 Å². The molecule has 1 unspecified atom stereocenters. The number of hydrogen-bond donors (Lipinski definition) is 2. The minimum Gasteiger partial charge on any atom is -0.480 e. The van der Waals surface area contributed by atoms with Crippen molar-refractivity contribution >= 4 is 39.2 Å². The molecule has 0 aliphatic heterocycles. The summed E-state index contributed by atoms with van der Waals surface area (Å²) in [5.41, 5.74) is 0.303. The van der Waals surface area contributed by atoms with Gasteiger partial charge in [-0.15, -0.1) is 0 Å². The Morgan fingerprint density at radius 3 is 2.32 bits per heavy atom. The largest absolute Gasteiger partial charge is 0.480 e. The zero-order chi connectivity index (χ0) is 16.3. The van der Waals surface area contributed by atoms with Crippen LogP contribution in [0.25, 0.3) is 0 Å². The van der Waals surface area contributed by atoms with Gasteiger partial charge in [0.25, 0.3) is 0 Å². The van der Waals surface area contributed by atoms with E-state index < -0.39 is 22.0 Å². The number of aliphatic carboxylic acids is 1. The first-order valence-corrected chi connectivity index (χ1v) is 8.30. The van der Waals surface area contributed by atoms with E-state index in [0.717, 1.165) is 6.07 Å². The van der Waals surface area contributed by atoms with Crippen LogP contribution >= 0.6 is 23.2 Å². The Morgan fingerprint density at radius 2 is 1.73 bits per heavy atom. The third-order valence-electron chi connectivity index (χ3n) is 2.84. The summed E-state index contributed by atoms with van der Waals surface area (Å²) in [5, 5.41) is 9.40. The number of nitrogens with one attached hydrogen (secondary N) is 1. The number of halogens is 2. The Hall–Kier alpha value is -1.60. The molecule has 5 nitrogen and oxygen atoms in total. The van der Waals surface area contributed by atoms with Crippen LogP contribution in [0.5, 0.6) is 0 Å². The quantitative estimate of drug-likeness (QED) is 0.858. The first-order valence-electron chi connectivity index (χ1n) is 6.06. The first kappa shape index (κ1) is 16.8. The number of carboxylic acids is 1. The Balaban J connectivity index is 2.41. The number of carboxylic acid groups (broad SMARTS) is 1. The second-order valence-electron chi connectivity index (χ2n) is 4.38. The van der Waals surface area contributed by atoms with E-state index in [2.05, 4.69) is 4.72 Å². The van der Waals surface area contributed by atoms with Gasteiger partial charge in [-0.05, 0) is 23.8 Å². The maximum atomic E-state index is 12.4. The van der Waals surface area contributed by atoms with Gasteiger partial charge in [0.05, 0.1) is 5.02 Å². The molecule has 2 aromatic carbocycles. The van der Waals surface area contributed by atoms with Gasteiger partial charge >= 0.3 is 5.97 Å². The fraction of sp³-hybridized carbons (Fsp3) is 0.0714. The van der Waals surface area contributed by atoms with E-state index in [1.807, 2.05) is 0 Å². The highest BCUT2D eigenvalue weighted by Gasteiger charge is 2.28. The fourth-order valence-electron chi connectivity index (χ4n) is 1.81. The third-order valence-corrected chi connectivity index (χ3v) is 4.98. The van der Waals surface area contributed by atoms with Gasteiger partial charge < -0.3 is 5.11 Å². The first-order chi connectivity index (χ1) is 10.3. The molecule has 2 N–H and O–H groups in total. The van der Waals surface area contributed by atoms with Crippen molar-refractivity contribution in [2.45, 2.75) is 10.9 Å². The number of rotatable bonds is 5. The van der Waals surface area contributed by atoms with Gasteiger partial charge in [0.2, 0.25) is 10.0 Å². The summed E-state index contributed by atoms with van der Waals surface area (Å²) in [4.78, 5) is 11.1. The summed E-state index contributed by atoms with van der Waals surface area (Å²) >= 11 is 11.6. The van der Waals surface area contributed by atoms with Crippen molar-refractivity contribution in [3.8, 4) is 0 Å². The van der Waals surface area contributed by atoms with E-state index in [9.17, 15) is 18.3 Å². The number of carbonyl (C=O) groups is 1. The molecule has 1 atom stereocenters. The summed E-state index contributed by atoms with van der Waals surface area (Å²) < 4.78 is 26.9. The highest BCUT2D eigenvalue weighted by atomic mass is 35.5. The van der Waals surface area contributed by atoms with Crippen LogP contribution in [0.15, 0.2) is 53.4 Å². The Kier molecular flexibility index (Phi) is 5.08. The van der Waals surface area contributed by atoms with Crippen molar-refractivity contribution in [2.75, 3.05) is 0 Å². The Bertz CT molecular complexity index is 794. The molecule has 2 aromatic rings. The summed E-state index contributed by atoms with van der Waals surface area (Å²) in [6, 6.07) is 10.5. The van der Waals surface area contributed by atoms with E-state index in [4.69, 9.17) is 23.2 Å². The molecule has 0 bridgehead atoms. The second kappa shape index (κ2) is 6.66. The van der Waals surface area contributed by atoms with Crippen molar-refractivity contribution in [2.24, 2.45) is 0 Å². The van der Waals surface area contributed by atoms with Crippen LogP contribution in [0.2, 0.25) is 10.0 Å². The maximum Gasteiger partial charge on any atom is 0.326 e. The zero-order valence-electron chi connectivity index (χ0n) is 11.0. The molecule has 2 rings (SSSR count). The molecule has 0 saturated carbocycles. The lowest BCUT2D eigenvalue weighted by Crippen LogP contribution is -2.33. The van der Waals surface area contributed by atoms with Gasteiger partial charge in [-0.25, -0.2) is 8.42 Å². The lowest BCUT2D eigenvalue weighted by atomic mass is 10.1. The highest BCUT2D eigenvalue weighted by Crippen LogP contribution is 2.26. The molecule has 22 heavy (non-hydrogen) atoms. The van der Waals surface area contributed by atoms with Gasteiger partial charge in [0.1, 0.15) is 10.9 Å². The molecule has 0 saturated heterocycles. The molecule has 0 aliphatic rings. The predicted molar refractivity (Wildman–Crippen MR) is 83.6 cm³/mol. The fourth-order valence-corrected chi connectivity index (χ4v) is 3.75. The van der Waals surface area contributed by atoms with Crippen LogP contribution in [0, 0.1) is 0 Å². The van der Waals surface area contributed by atoms with Gasteiger partial charge in [-0.3, -0.25) is 4.79 Å². The van der Waals surface area contributed by atoms with Crippen molar-refractivity contribution in [1.82, 2.24) is 4.72 Å². The zero-order valence-corrected chi connectivity index (χ0v) is 13.4. The molecule has 0 heterocycles. The van der Waals surface area contributed by atoms with E-state index in [0.29, 0.717) is 5.56 Å². The van der Waals surface area contributed by atoms with E-state index in [1.54, 1.807) is 18.2 Å². The number of benzene rings is 2. The average Bonchev–Trinajstić information content (AvgIpc) is 2.48. The molecule has 0 amide bonds. The molecule has 8 heteroatoms. The summed E-state index contributed by atoms with van der Waals surface area (Å²) in [7, 11) is -4.15. The highest BCUT2D eigenvalue weighted by molar-refractivity contribution is 7.89. The summed E-state index contributed by atoms with van der Waals surface area (Å²) in [5.74, 6) is -1.33. The average molecular weight is 360 g/mol. The standard InChI is InChI=1S/C14H11Cl2NO4S/c15-10-6-7-11(16)12(8-10)22(20,21)17-13(14(18)19)9-4-2-1-3-5-9/h1-8,13,17H,(H,18,19). The van der Waals surface area contributed by atoms with Crippen LogP contribution in [0.1, 0.15) is 11.6 Å². The van der Waals surface area contributed by atoms with Crippen molar-refractivity contribution in [3.05, 3.63) is 64.1 Å². The van der Waals surface area contributed by atoms with Crippen LogP contribution in [-0.4, -0.2) is 19.5 Å². The smallest absolute Gasteiger partial charge is 0.326 e. The SMILES string of the molecule is O=C(O)C(NS(=O)(=O)c1cc(Cl)ccc1Cl)c1ccccc1. The molecule has 0 fully saturated rings. The minimum atomic E-state index is -4.15.